The van der Waals surface area contributed by atoms with Gasteiger partial charge in [0.25, 0.3) is 0 Å². The summed E-state index contributed by atoms with van der Waals surface area (Å²) in [4.78, 5) is 21.5. The van der Waals surface area contributed by atoms with Gasteiger partial charge < -0.3 is 15.9 Å². The van der Waals surface area contributed by atoms with Crippen LogP contribution in [0.5, 0.6) is 0 Å². The van der Waals surface area contributed by atoms with E-state index in [9.17, 15) is 9.59 Å². The minimum atomic E-state index is -0.968. The number of likely N-dealkylation sites (N-methyl/N-ethyl adjacent to an activating group) is 1. The third kappa shape index (κ3) is 10.8. The lowest BCUT2D eigenvalue weighted by molar-refractivity contribution is -0.142. The van der Waals surface area contributed by atoms with Gasteiger partial charge in [-0.3, -0.25) is 14.5 Å². The molecule has 0 amide bonds. The monoisotopic (exact) mass is 220 g/mol. The van der Waals surface area contributed by atoms with Crippen molar-refractivity contribution in [2.24, 2.45) is 5.73 Å². The number of hydrogen-bond donors (Lipinski definition) is 3. The summed E-state index contributed by atoms with van der Waals surface area (Å²) in [5.74, 6) is -1.70. The van der Waals surface area contributed by atoms with Crippen molar-refractivity contribution in [3.8, 4) is 0 Å². The number of carbonyl (C=O) groups is 2. The molecule has 0 fully saturated rings. The molecule has 0 aliphatic rings. The lowest BCUT2D eigenvalue weighted by Gasteiger charge is -2.18. The van der Waals surface area contributed by atoms with Gasteiger partial charge in [0, 0.05) is 0 Å². The van der Waals surface area contributed by atoms with E-state index in [1.54, 1.807) is 19.0 Å². The zero-order chi connectivity index (χ0) is 12.4. The molecule has 4 N–H and O–H groups in total. The van der Waals surface area contributed by atoms with Crippen LogP contribution in [0.3, 0.4) is 0 Å². The Labute approximate surface area is 89.7 Å². The highest BCUT2D eigenvalue weighted by atomic mass is 16.4. The van der Waals surface area contributed by atoms with Crippen LogP contribution in [0, 0.1) is 0 Å². The molecule has 0 heterocycles. The van der Waals surface area contributed by atoms with E-state index in [-0.39, 0.29) is 12.6 Å². The van der Waals surface area contributed by atoms with E-state index in [2.05, 4.69) is 5.73 Å². The smallest absolute Gasteiger partial charge is 0.320 e. The van der Waals surface area contributed by atoms with E-state index in [1.807, 2.05) is 6.92 Å². The maximum atomic E-state index is 10.5. The Balaban J connectivity index is 0. The number of aliphatic carboxylic acids is 2. The SMILES string of the molecule is CCCC(C(=O)O)N(C)C.NCC(=O)O. The Kier molecular flexibility index (Phi) is 10.2. The molecule has 0 aromatic carbocycles. The van der Waals surface area contributed by atoms with Crippen LogP contribution in [0.1, 0.15) is 19.8 Å². The first kappa shape index (κ1) is 16.3. The fourth-order valence-electron chi connectivity index (χ4n) is 0.876. The number of nitrogens with two attached hydrogens (primary N) is 1. The van der Waals surface area contributed by atoms with Crippen molar-refractivity contribution in [2.45, 2.75) is 25.8 Å². The Morgan fingerprint density at radius 2 is 1.73 bits per heavy atom. The summed E-state index contributed by atoms with van der Waals surface area (Å²) in [5.41, 5.74) is 4.57. The summed E-state index contributed by atoms with van der Waals surface area (Å²) >= 11 is 0. The molecule has 0 bridgehead atoms. The minimum absolute atomic E-state index is 0.278. The maximum absolute atomic E-state index is 10.5. The molecule has 0 spiro atoms. The molecular weight excluding hydrogens is 200 g/mol. The van der Waals surface area contributed by atoms with Gasteiger partial charge in [-0.05, 0) is 20.5 Å². The van der Waals surface area contributed by atoms with E-state index < -0.39 is 11.9 Å². The van der Waals surface area contributed by atoms with Crippen LogP contribution in [0.2, 0.25) is 0 Å². The lowest BCUT2D eigenvalue weighted by atomic mass is 10.1. The predicted octanol–water partition coefficient (Wildman–Crippen LogP) is -0.169. The first-order chi connectivity index (χ1) is 6.86. The van der Waals surface area contributed by atoms with Crippen molar-refractivity contribution in [1.29, 1.82) is 0 Å². The van der Waals surface area contributed by atoms with Gasteiger partial charge in [-0.2, -0.15) is 0 Å². The van der Waals surface area contributed by atoms with E-state index in [4.69, 9.17) is 10.2 Å². The van der Waals surface area contributed by atoms with Gasteiger partial charge in [0.1, 0.15) is 6.04 Å². The molecule has 0 aromatic heterocycles. The van der Waals surface area contributed by atoms with Crippen molar-refractivity contribution < 1.29 is 19.8 Å². The fourth-order valence-corrected chi connectivity index (χ4v) is 0.876. The molecule has 0 saturated heterocycles. The molecule has 6 nitrogen and oxygen atoms in total. The summed E-state index contributed by atoms with van der Waals surface area (Å²) < 4.78 is 0. The third-order valence-corrected chi connectivity index (χ3v) is 1.65. The Morgan fingerprint density at radius 1 is 1.33 bits per heavy atom. The Morgan fingerprint density at radius 3 is 1.80 bits per heavy atom. The van der Waals surface area contributed by atoms with Crippen molar-refractivity contribution in [3.05, 3.63) is 0 Å². The number of carboxylic acid groups (broad SMARTS) is 2. The largest absolute Gasteiger partial charge is 0.480 e. The molecule has 0 rings (SSSR count). The molecular formula is C9H20N2O4. The van der Waals surface area contributed by atoms with Gasteiger partial charge in [0.05, 0.1) is 6.54 Å². The quantitative estimate of drug-likeness (QED) is 0.594. The average Bonchev–Trinajstić information content (AvgIpc) is 2.14. The average molecular weight is 220 g/mol. The lowest BCUT2D eigenvalue weighted by Crippen LogP contribution is -2.35. The van der Waals surface area contributed by atoms with Gasteiger partial charge in [-0.25, -0.2) is 0 Å². The zero-order valence-corrected chi connectivity index (χ0v) is 9.43. The molecule has 0 aliphatic heterocycles. The molecule has 0 aliphatic carbocycles. The zero-order valence-electron chi connectivity index (χ0n) is 9.43. The molecule has 1 atom stereocenters. The molecule has 90 valence electrons. The van der Waals surface area contributed by atoms with Crippen LogP contribution in [0.15, 0.2) is 0 Å². The van der Waals surface area contributed by atoms with E-state index in [1.165, 1.54) is 0 Å². The number of carboxylic acids is 2. The van der Waals surface area contributed by atoms with E-state index >= 15 is 0 Å². The van der Waals surface area contributed by atoms with Crippen LogP contribution in [-0.2, 0) is 9.59 Å². The summed E-state index contributed by atoms with van der Waals surface area (Å²) in [5, 5.41) is 16.2. The number of hydrogen-bond acceptors (Lipinski definition) is 4. The highest BCUT2D eigenvalue weighted by molar-refractivity contribution is 5.73. The first-order valence-corrected chi connectivity index (χ1v) is 4.67. The van der Waals surface area contributed by atoms with Crippen molar-refractivity contribution in [1.82, 2.24) is 4.90 Å². The second-order valence-corrected chi connectivity index (χ2v) is 3.20. The van der Waals surface area contributed by atoms with Crippen LogP contribution in [0.4, 0.5) is 0 Å². The summed E-state index contributed by atoms with van der Waals surface area (Å²) in [7, 11) is 3.57. The second kappa shape index (κ2) is 9.42. The van der Waals surface area contributed by atoms with Crippen LogP contribution < -0.4 is 5.73 Å². The molecule has 0 radical (unpaired) electrons. The molecule has 15 heavy (non-hydrogen) atoms. The van der Waals surface area contributed by atoms with Gasteiger partial charge in [0.15, 0.2) is 0 Å². The summed E-state index contributed by atoms with van der Waals surface area (Å²) in [6.07, 6.45) is 1.64. The van der Waals surface area contributed by atoms with Crippen LogP contribution >= 0.6 is 0 Å². The van der Waals surface area contributed by atoms with Crippen LogP contribution in [0.25, 0.3) is 0 Å². The summed E-state index contributed by atoms with van der Waals surface area (Å²) in [6.45, 7) is 1.71. The predicted molar refractivity (Wildman–Crippen MR) is 56.7 cm³/mol. The van der Waals surface area contributed by atoms with Crippen molar-refractivity contribution in [2.75, 3.05) is 20.6 Å². The normalized spacial score (nSPS) is 11.5. The number of nitrogens with zero attached hydrogens (tertiary/aromatic N) is 1. The molecule has 1 unspecified atom stereocenters. The van der Waals surface area contributed by atoms with Gasteiger partial charge >= 0.3 is 11.9 Å². The second-order valence-electron chi connectivity index (χ2n) is 3.20. The number of rotatable bonds is 5. The highest BCUT2D eigenvalue weighted by Gasteiger charge is 2.17. The topological polar surface area (TPSA) is 104 Å². The third-order valence-electron chi connectivity index (χ3n) is 1.65. The Hall–Kier alpha value is -1.14. The molecule has 0 saturated carbocycles. The van der Waals surface area contributed by atoms with Gasteiger partial charge in [-0.1, -0.05) is 13.3 Å². The van der Waals surface area contributed by atoms with E-state index in [0.717, 1.165) is 12.8 Å². The standard InChI is InChI=1S/C7H15NO2.C2H5NO2/c1-4-5-6(7(9)10)8(2)3;3-1-2(4)5/h6H,4-5H2,1-3H3,(H,9,10);1,3H2,(H,4,5). The van der Waals surface area contributed by atoms with Crippen molar-refractivity contribution in [3.63, 3.8) is 0 Å². The molecule has 0 aromatic rings. The van der Waals surface area contributed by atoms with Gasteiger partial charge in [0.2, 0.25) is 0 Å². The van der Waals surface area contributed by atoms with Gasteiger partial charge in [-0.15, -0.1) is 0 Å². The van der Waals surface area contributed by atoms with Crippen molar-refractivity contribution >= 4 is 11.9 Å². The first-order valence-electron chi connectivity index (χ1n) is 4.67. The Bertz CT molecular complexity index is 195. The molecule has 6 heteroatoms. The van der Waals surface area contributed by atoms with Crippen LogP contribution in [-0.4, -0.2) is 53.7 Å². The fraction of sp³-hybridized carbons (Fsp3) is 0.778. The maximum Gasteiger partial charge on any atom is 0.320 e. The summed E-state index contributed by atoms with van der Waals surface area (Å²) in [6, 6.07) is -0.315. The minimum Gasteiger partial charge on any atom is -0.480 e. The van der Waals surface area contributed by atoms with E-state index in [0.29, 0.717) is 0 Å². The highest BCUT2D eigenvalue weighted by Crippen LogP contribution is 2.02.